The molecule has 4 aromatic carbocycles. The number of ketones is 1. The average Bonchev–Trinajstić information content (AvgIpc) is 4.02. The molecule has 0 aliphatic carbocycles. The maximum atomic E-state index is 14.0. The third-order valence-corrected chi connectivity index (χ3v) is 18.9. The zero-order valence-electron chi connectivity index (χ0n) is 45.0. The van der Waals surface area contributed by atoms with Crippen LogP contribution in [-0.4, -0.2) is 92.7 Å². The lowest BCUT2D eigenvalue weighted by Crippen LogP contribution is -2.43. The van der Waals surface area contributed by atoms with Crippen LogP contribution in [0.1, 0.15) is 163 Å². The van der Waals surface area contributed by atoms with E-state index in [0.29, 0.717) is 59.5 Å². The van der Waals surface area contributed by atoms with E-state index in [9.17, 15) is 26.7 Å². The summed E-state index contributed by atoms with van der Waals surface area (Å²) < 4.78 is 86.7. The molecule has 5 aliphatic rings. The summed E-state index contributed by atoms with van der Waals surface area (Å²) in [6.07, 6.45) is 11.1. The number of ether oxygens (including phenoxy) is 5. The lowest BCUT2D eigenvalue weighted by molar-refractivity contribution is 0.0494. The number of anilines is 2. The molecule has 0 spiro atoms. The minimum Gasteiger partial charge on any atom is -0.493 e. The van der Waals surface area contributed by atoms with Crippen LogP contribution in [0.15, 0.2) is 82.6 Å². The number of sulfonamides is 2. The number of carbonyl (C=O) groups excluding carboxylic acids is 1. The summed E-state index contributed by atoms with van der Waals surface area (Å²) in [7, 11) is -7.67. The molecule has 3 fully saturated rings. The van der Waals surface area contributed by atoms with E-state index in [1.165, 1.54) is 37.0 Å². The summed E-state index contributed by atoms with van der Waals surface area (Å²) in [5.74, 6) is 2.32. The molecule has 4 aromatic rings. The SMILES string of the molecule is C1CCOC1.CCC1CCc2cc(C(C)C)ccc2N1S(=O)(=O)c1ccc(OCC2CCOCC2)c(C(C)=O)c1.CCC1CCc2cc(C(C)C)ccc2N1S(=O)(=O)c1ccc(OCC2CCOCC2)c(CO)c1. The van der Waals surface area contributed by atoms with E-state index in [1.54, 1.807) is 38.9 Å². The van der Waals surface area contributed by atoms with Gasteiger partial charge in [-0.05, 0) is 178 Å². The molecule has 2 atom stereocenters. The summed E-state index contributed by atoms with van der Waals surface area (Å²) in [6.45, 7) is 19.8. The first-order valence-corrected chi connectivity index (χ1v) is 30.2. The Hall–Kier alpha value is -4.51. The molecule has 2 unspecified atom stereocenters. The van der Waals surface area contributed by atoms with E-state index in [2.05, 4.69) is 39.8 Å². The van der Waals surface area contributed by atoms with Crippen LogP contribution in [0.5, 0.6) is 11.5 Å². The first kappa shape index (κ1) is 57.2. The minimum atomic E-state index is -3.87. The molecule has 0 bridgehead atoms. The molecule has 5 aliphatic heterocycles. The number of aliphatic hydroxyl groups excluding tert-OH is 1. The molecule has 74 heavy (non-hydrogen) atoms. The zero-order valence-corrected chi connectivity index (χ0v) is 46.6. The molecule has 1 N–H and O–H groups in total. The van der Waals surface area contributed by atoms with Crippen LogP contribution in [-0.2, 0) is 53.7 Å². The van der Waals surface area contributed by atoms with Gasteiger partial charge in [-0.3, -0.25) is 13.4 Å². The second kappa shape index (κ2) is 26.5. The van der Waals surface area contributed by atoms with Crippen molar-refractivity contribution >= 4 is 37.2 Å². The lowest BCUT2D eigenvalue weighted by atomic mass is 9.92. The molecule has 3 saturated heterocycles. The van der Waals surface area contributed by atoms with Crippen molar-refractivity contribution in [2.75, 3.05) is 61.5 Å². The van der Waals surface area contributed by atoms with Crippen LogP contribution < -0.4 is 18.1 Å². The molecule has 0 amide bonds. The number of nitrogens with zero attached hydrogens (tertiary/aromatic N) is 2. The van der Waals surface area contributed by atoms with E-state index >= 15 is 0 Å². The van der Waals surface area contributed by atoms with Gasteiger partial charge in [-0.15, -0.1) is 0 Å². The fourth-order valence-corrected chi connectivity index (χ4v) is 14.1. The lowest BCUT2D eigenvalue weighted by Gasteiger charge is -2.38. The number of carbonyl (C=O) groups is 1. The van der Waals surface area contributed by atoms with Crippen molar-refractivity contribution < 1.29 is 50.4 Å². The van der Waals surface area contributed by atoms with Gasteiger partial charge in [0.2, 0.25) is 0 Å². The molecule has 9 rings (SSSR count). The first-order chi connectivity index (χ1) is 35.6. The van der Waals surface area contributed by atoms with Gasteiger partial charge in [-0.2, -0.15) is 0 Å². The van der Waals surface area contributed by atoms with Gasteiger partial charge < -0.3 is 28.8 Å². The monoisotopic (exact) mass is 1060 g/mol. The molecular formula is C59H82N2O11S2. The van der Waals surface area contributed by atoms with Gasteiger partial charge in [0, 0.05) is 57.3 Å². The van der Waals surface area contributed by atoms with Crippen LogP contribution in [0.4, 0.5) is 11.4 Å². The number of aryl methyl sites for hydroxylation is 2. The molecular weight excluding hydrogens is 977 g/mol. The number of rotatable bonds is 16. The Morgan fingerprint density at radius 2 is 1.03 bits per heavy atom. The first-order valence-electron chi connectivity index (χ1n) is 27.3. The van der Waals surface area contributed by atoms with Gasteiger partial charge in [-0.1, -0.05) is 65.8 Å². The summed E-state index contributed by atoms with van der Waals surface area (Å²) in [5, 5.41) is 9.99. The highest BCUT2D eigenvalue weighted by atomic mass is 32.2. The number of hydrogen-bond donors (Lipinski definition) is 1. The van der Waals surface area contributed by atoms with Gasteiger partial charge >= 0.3 is 0 Å². The van der Waals surface area contributed by atoms with Gasteiger partial charge in [0.05, 0.1) is 46.5 Å². The Bertz CT molecular complexity index is 2700. The van der Waals surface area contributed by atoms with Crippen LogP contribution in [0.25, 0.3) is 0 Å². The Labute approximate surface area is 442 Å². The molecule has 13 nitrogen and oxygen atoms in total. The smallest absolute Gasteiger partial charge is 0.264 e. The minimum absolute atomic E-state index is 0.0931. The maximum absolute atomic E-state index is 14.0. The third-order valence-electron chi connectivity index (χ3n) is 15.2. The third kappa shape index (κ3) is 13.9. The number of aliphatic hydroxyl groups is 1. The summed E-state index contributed by atoms with van der Waals surface area (Å²) in [6, 6.07) is 21.6. The molecule has 15 heteroatoms. The number of hydrogen-bond acceptors (Lipinski definition) is 11. The summed E-state index contributed by atoms with van der Waals surface area (Å²) in [5.41, 5.74) is 6.89. The van der Waals surface area contributed by atoms with Crippen molar-refractivity contribution in [1.82, 2.24) is 0 Å². The topological polar surface area (TPSA) is 158 Å². The van der Waals surface area contributed by atoms with E-state index in [4.69, 9.17) is 23.7 Å². The largest absolute Gasteiger partial charge is 0.493 e. The Kier molecular flexibility index (Phi) is 20.5. The van der Waals surface area contributed by atoms with Crippen molar-refractivity contribution in [3.8, 4) is 11.5 Å². The van der Waals surface area contributed by atoms with Gasteiger partial charge in [-0.25, -0.2) is 16.8 Å². The summed E-state index contributed by atoms with van der Waals surface area (Å²) >= 11 is 0. The van der Waals surface area contributed by atoms with Gasteiger partial charge in [0.1, 0.15) is 11.5 Å². The fourth-order valence-electron chi connectivity index (χ4n) is 10.5. The predicted octanol–water partition coefficient (Wildman–Crippen LogP) is 11.6. The fraction of sp³-hybridized carbons (Fsp3) is 0.576. The zero-order chi connectivity index (χ0) is 53.0. The molecule has 0 radical (unpaired) electrons. The number of Topliss-reactive ketones (excluding diaryl/α,β-unsaturated/α-hetero) is 1. The Morgan fingerprint density at radius 1 is 0.595 bits per heavy atom. The van der Waals surface area contributed by atoms with E-state index in [-0.39, 0.29) is 34.3 Å². The van der Waals surface area contributed by atoms with E-state index < -0.39 is 20.0 Å². The number of benzene rings is 4. The van der Waals surface area contributed by atoms with Crippen molar-refractivity contribution in [3.63, 3.8) is 0 Å². The highest BCUT2D eigenvalue weighted by molar-refractivity contribution is 7.93. The highest BCUT2D eigenvalue weighted by Crippen LogP contribution is 2.41. The van der Waals surface area contributed by atoms with Gasteiger partial charge in [0.25, 0.3) is 20.0 Å². The molecule has 0 saturated carbocycles. The highest BCUT2D eigenvalue weighted by Gasteiger charge is 2.38. The van der Waals surface area contributed by atoms with Gasteiger partial charge in [0.15, 0.2) is 5.78 Å². The van der Waals surface area contributed by atoms with Crippen molar-refractivity contribution in [1.29, 1.82) is 0 Å². The van der Waals surface area contributed by atoms with E-state index in [1.807, 2.05) is 38.1 Å². The van der Waals surface area contributed by atoms with Crippen LogP contribution in [0.2, 0.25) is 0 Å². The van der Waals surface area contributed by atoms with E-state index in [0.717, 1.165) is 126 Å². The Balaban J connectivity index is 0.000000197. The van der Waals surface area contributed by atoms with Crippen molar-refractivity contribution in [3.05, 3.63) is 106 Å². The number of fused-ring (bicyclic) bond motifs is 2. The normalized spacial score (nSPS) is 19.5. The Morgan fingerprint density at radius 3 is 1.43 bits per heavy atom. The van der Waals surface area contributed by atoms with Crippen LogP contribution >= 0.6 is 0 Å². The van der Waals surface area contributed by atoms with Crippen LogP contribution in [0.3, 0.4) is 0 Å². The predicted molar refractivity (Wildman–Crippen MR) is 292 cm³/mol. The quantitative estimate of drug-likeness (QED) is 0.106. The van der Waals surface area contributed by atoms with Crippen molar-refractivity contribution in [2.45, 2.75) is 166 Å². The second-order valence-corrected chi connectivity index (χ2v) is 24.7. The molecule has 5 heterocycles. The second-order valence-electron chi connectivity index (χ2n) is 21.1. The van der Waals surface area contributed by atoms with Crippen LogP contribution in [0, 0.1) is 11.8 Å². The van der Waals surface area contributed by atoms with Crippen molar-refractivity contribution in [2.24, 2.45) is 11.8 Å². The molecule has 406 valence electrons. The standard InChI is InChI=1S/C28H37NO5S.C27H37NO5S.C4H8O/c1-5-24-8-6-23-16-22(19(2)3)7-10-27(23)29(24)35(31,32)25-9-11-28(26(17-25)20(4)30)34-18-21-12-14-33-15-13-21;1-4-24-7-5-22-15-21(19(2)3)6-9-26(22)28(24)34(30,31)25-8-10-27(23(16-25)17-29)33-18-20-11-13-32-14-12-20;1-2-4-5-3-1/h7,9-11,16-17,19,21,24H,5-6,8,12-15,18H2,1-4H3;6,8-10,15-16,19-20,24,29H,4-5,7,11-14,17-18H2,1-3H3;1-4H2. The summed E-state index contributed by atoms with van der Waals surface area (Å²) in [4.78, 5) is 12.8. The molecule has 0 aromatic heterocycles. The average molecular weight is 1060 g/mol. The maximum Gasteiger partial charge on any atom is 0.264 e.